The van der Waals surface area contributed by atoms with Gasteiger partial charge < -0.3 is 14.4 Å². The van der Waals surface area contributed by atoms with Crippen molar-refractivity contribution in [2.75, 3.05) is 26.3 Å². The van der Waals surface area contributed by atoms with E-state index in [-0.39, 0.29) is 30.3 Å². The number of aromatic nitrogens is 2. The van der Waals surface area contributed by atoms with Crippen molar-refractivity contribution >= 4 is 23.3 Å². The molecule has 3 aromatic rings. The Morgan fingerprint density at radius 3 is 2.86 bits per heavy atom. The van der Waals surface area contributed by atoms with E-state index in [4.69, 9.17) is 21.1 Å². The highest BCUT2D eigenvalue weighted by Gasteiger charge is 2.34. The highest BCUT2D eigenvalue weighted by Crippen LogP contribution is 2.34. The molecule has 188 valence electrons. The Labute approximate surface area is 213 Å². The van der Waals surface area contributed by atoms with Crippen molar-refractivity contribution < 1.29 is 23.5 Å². The van der Waals surface area contributed by atoms with Crippen LogP contribution in [0.3, 0.4) is 0 Å². The van der Waals surface area contributed by atoms with Crippen LogP contribution in [0.15, 0.2) is 42.7 Å². The summed E-state index contributed by atoms with van der Waals surface area (Å²) in [6.45, 7) is 6.35. The van der Waals surface area contributed by atoms with Gasteiger partial charge in [0.2, 0.25) is 0 Å². The number of ether oxygens (including phenoxy) is 2. The van der Waals surface area contributed by atoms with Crippen molar-refractivity contribution in [2.45, 2.75) is 26.8 Å². The summed E-state index contributed by atoms with van der Waals surface area (Å²) in [7, 11) is 0. The molecule has 36 heavy (non-hydrogen) atoms. The van der Waals surface area contributed by atoms with Gasteiger partial charge in [-0.3, -0.25) is 14.3 Å². The van der Waals surface area contributed by atoms with Gasteiger partial charge in [0, 0.05) is 65.9 Å². The summed E-state index contributed by atoms with van der Waals surface area (Å²) in [5, 5.41) is 5.04. The normalized spacial score (nSPS) is 15.5. The van der Waals surface area contributed by atoms with Gasteiger partial charge in [0.15, 0.2) is 5.78 Å². The maximum atomic E-state index is 14.6. The van der Waals surface area contributed by atoms with Crippen LogP contribution in [-0.4, -0.2) is 52.7 Å². The number of nitrogens with zero attached hydrogens (tertiary/aromatic N) is 3. The van der Waals surface area contributed by atoms with Gasteiger partial charge in [0.05, 0.1) is 18.4 Å². The first kappa shape index (κ1) is 24.3. The topological polar surface area (TPSA) is 73.7 Å². The fourth-order valence-corrected chi connectivity index (χ4v) is 4.68. The zero-order chi connectivity index (χ0) is 25.4. The minimum atomic E-state index is -0.642. The molecular formula is C27H27ClFN3O4. The second-order valence-corrected chi connectivity index (χ2v) is 10.3. The lowest BCUT2D eigenvalue weighted by molar-refractivity contribution is -0.121. The number of carbonyl (C=O) groups excluding carboxylic acids is 2. The Kier molecular flexibility index (Phi) is 6.71. The van der Waals surface area contributed by atoms with Gasteiger partial charge in [-0.05, 0) is 30.2 Å². The molecule has 2 aliphatic heterocycles. The average Bonchev–Trinajstić information content (AvgIpc) is 3.26. The maximum Gasteiger partial charge on any atom is 0.256 e. The monoisotopic (exact) mass is 511 g/mol. The van der Waals surface area contributed by atoms with Crippen LogP contribution in [0.5, 0.6) is 11.5 Å². The minimum Gasteiger partial charge on any atom is -0.493 e. The molecule has 1 aromatic heterocycles. The molecule has 1 amide bonds. The fraction of sp³-hybridized carbons (Fsp3) is 0.370. The summed E-state index contributed by atoms with van der Waals surface area (Å²) in [6.07, 6.45) is 3.93. The number of rotatable bonds is 7. The zero-order valence-corrected chi connectivity index (χ0v) is 20.9. The molecule has 0 radical (unpaired) electrons. The van der Waals surface area contributed by atoms with Gasteiger partial charge >= 0.3 is 0 Å². The number of carbonyl (C=O) groups is 2. The number of hydrogen-bond donors (Lipinski definition) is 0. The number of halogens is 2. The maximum absolute atomic E-state index is 14.6. The first-order valence-electron chi connectivity index (χ1n) is 12.0. The van der Waals surface area contributed by atoms with E-state index in [0.29, 0.717) is 47.7 Å². The number of Topliss-reactive ketones (excluding diaryl/α,β-unsaturated/α-hetero) is 1. The van der Waals surface area contributed by atoms with Crippen molar-refractivity contribution in [3.8, 4) is 22.6 Å². The first-order valence-corrected chi connectivity index (χ1v) is 12.4. The molecule has 7 nitrogen and oxygen atoms in total. The number of likely N-dealkylation sites (tertiary alicyclic amines) is 1. The molecule has 3 heterocycles. The van der Waals surface area contributed by atoms with E-state index < -0.39 is 11.7 Å². The van der Waals surface area contributed by atoms with Gasteiger partial charge in [-0.1, -0.05) is 25.4 Å². The van der Waals surface area contributed by atoms with Crippen LogP contribution >= 0.6 is 11.6 Å². The van der Waals surface area contributed by atoms with Crippen LogP contribution in [0.25, 0.3) is 11.1 Å². The lowest BCUT2D eigenvalue weighted by Crippen LogP contribution is -2.52. The van der Waals surface area contributed by atoms with E-state index in [2.05, 4.69) is 18.9 Å². The number of hydrogen-bond acceptors (Lipinski definition) is 5. The molecule has 1 saturated heterocycles. The molecule has 2 aromatic carbocycles. The highest BCUT2D eigenvalue weighted by molar-refractivity contribution is 6.31. The lowest BCUT2D eigenvalue weighted by atomic mass is 9.97. The average molecular weight is 512 g/mol. The van der Waals surface area contributed by atoms with Crippen LogP contribution in [0, 0.1) is 17.7 Å². The largest absolute Gasteiger partial charge is 0.493 e. The number of fused-ring (bicyclic) bond motifs is 1. The van der Waals surface area contributed by atoms with Crippen LogP contribution < -0.4 is 9.47 Å². The van der Waals surface area contributed by atoms with Gasteiger partial charge in [0.1, 0.15) is 23.9 Å². The third-order valence-corrected chi connectivity index (χ3v) is 6.55. The number of benzene rings is 2. The SMILES string of the molecule is CC(C)Cn1cc(-c2cc(Cl)ccc2OCC2CN(C(=O)c3cc4c(cc3F)OCC(=O)C4)C2)cn1. The third-order valence-electron chi connectivity index (χ3n) is 6.31. The quantitative estimate of drug-likeness (QED) is 0.461. The smallest absolute Gasteiger partial charge is 0.256 e. The molecule has 2 aliphatic rings. The molecular weight excluding hydrogens is 485 g/mol. The van der Waals surface area contributed by atoms with Crippen LogP contribution in [0.1, 0.15) is 29.8 Å². The first-order chi connectivity index (χ1) is 17.3. The number of ketones is 1. The van der Waals surface area contributed by atoms with Gasteiger partial charge in [-0.2, -0.15) is 5.10 Å². The van der Waals surface area contributed by atoms with Crippen LogP contribution in [0.4, 0.5) is 4.39 Å². The van der Waals surface area contributed by atoms with E-state index in [1.54, 1.807) is 17.2 Å². The van der Waals surface area contributed by atoms with Crippen molar-refractivity contribution in [2.24, 2.45) is 11.8 Å². The summed E-state index contributed by atoms with van der Waals surface area (Å²) in [5.41, 5.74) is 2.29. The molecule has 0 atom stereocenters. The molecule has 0 unspecified atom stereocenters. The minimum absolute atomic E-state index is 0.0372. The third kappa shape index (κ3) is 5.09. The van der Waals surface area contributed by atoms with Gasteiger partial charge in [0.25, 0.3) is 5.91 Å². The predicted octanol–water partition coefficient (Wildman–Crippen LogP) is 4.65. The van der Waals surface area contributed by atoms with Crippen molar-refractivity contribution in [1.29, 1.82) is 0 Å². The summed E-state index contributed by atoms with van der Waals surface area (Å²) in [6, 6.07) is 8.11. The zero-order valence-electron chi connectivity index (χ0n) is 20.2. The summed E-state index contributed by atoms with van der Waals surface area (Å²) in [5.74, 6) is 0.480. The van der Waals surface area contributed by atoms with Crippen LogP contribution in [0.2, 0.25) is 5.02 Å². The van der Waals surface area contributed by atoms with Crippen molar-refractivity contribution in [1.82, 2.24) is 14.7 Å². The summed E-state index contributed by atoms with van der Waals surface area (Å²) in [4.78, 5) is 26.1. The second kappa shape index (κ2) is 9.93. The molecule has 0 bridgehead atoms. The summed E-state index contributed by atoms with van der Waals surface area (Å²) >= 11 is 6.25. The Morgan fingerprint density at radius 2 is 2.08 bits per heavy atom. The van der Waals surface area contributed by atoms with Gasteiger partial charge in [-0.25, -0.2) is 4.39 Å². The number of amides is 1. The standard InChI is InChI=1S/C27H27ClFN3O4/c1-16(2)10-32-13-19(9-30-32)22-7-20(28)3-4-25(22)35-14-17-11-31(12-17)27(34)23-6-18-5-21(33)15-36-26(18)8-24(23)29/h3-4,6-9,13,16-17H,5,10-12,14-15H2,1-2H3. The molecule has 0 saturated carbocycles. The Morgan fingerprint density at radius 1 is 1.28 bits per heavy atom. The van der Waals surface area contributed by atoms with Crippen molar-refractivity contribution in [3.63, 3.8) is 0 Å². The van der Waals surface area contributed by atoms with Crippen molar-refractivity contribution in [3.05, 3.63) is 64.7 Å². The predicted molar refractivity (Wildman–Crippen MR) is 133 cm³/mol. The molecule has 0 N–H and O–H groups in total. The summed E-state index contributed by atoms with van der Waals surface area (Å²) < 4.78 is 27.9. The van der Waals surface area contributed by atoms with E-state index in [0.717, 1.165) is 17.7 Å². The molecule has 0 aliphatic carbocycles. The van der Waals surface area contributed by atoms with Crippen LogP contribution in [-0.2, 0) is 17.8 Å². The Balaban J connectivity index is 1.21. The highest BCUT2D eigenvalue weighted by atomic mass is 35.5. The van der Waals surface area contributed by atoms with E-state index >= 15 is 0 Å². The second-order valence-electron chi connectivity index (χ2n) is 9.82. The lowest BCUT2D eigenvalue weighted by Gasteiger charge is -2.39. The molecule has 5 rings (SSSR count). The Hall–Kier alpha value is -3.39. The van der Waals surface area contributed by atoms with Gasteiger partial charge in [-0.15, -0.1) is 0 Å². The molecule has 0 spiro atoms. The molecule has 9 heteroatoms. The van der Waals surface area contributed by atoms with E-state index in [1.807, 2.05) is 23.0 Å². The Bertz CT molecular complexity index is 1320. The van der Waals surface area contributed by atoms with E-state index in [1.165, 1.54) is 12.1 Å². The molecule has 1 fully saturated rings. The fourth-order valence-electron chi connectivity index (χ4n) is 4.51. The van der Waals surface area contributed by atoms with E-state index in [9.17, 15) is 14.0 Å².